The molecule has 24 heavy (non-hydrogen) atoms. The lowest BCUT2D eigenvalue weighted by atomic mass is 10.1. The molecule has 0 saturated carbocycles. The molecule has 0 aromatic heterocycles. The zero-order chi connectivity index (χ0) is 17.4. The van der Waals surface area contributed by atoms with Crippen LogP contribution in [0.15, 0.2) is 54.6 Å². The van der Waals surface area contributed by atoms with Gasteiger partial charge in [-0.25, -0.2) is 0 Å². The van der Waals surface area contributed by atoms with Crippen LogP contribution < -0.4 is 11.1 Å². The Morgan fingerprint density at radius 3 is 2.38 bits per heavy atom. The number of carbonyl (C=O) groups is 1. The molecule has 0 aliphatic heterocycles. The van der Waals surface area contributed by atoms with Gasteiger partial charge in [0.25, 0.3) is 0 Å². The summed E-state index contributed by atoms with van der Waals surface area (Å²) in [6.07, 6.45) is 0.534. The maximum absolute atomic E-state index is 12.3. The second-order valence-electron chi connectivity index (χ2n) is 5.95. The van der Waals surface area contributed by atoms with Gasteiger partial charge in [-0.3, -0.25) is 9.69 Å². The van der Waals surface area contributed by atoms with Crippen molar-refractivity contribution in [2.24, 2.45) is 5.73 Å². The van der Waals surface area contributed by atoms with E-state index in [2.05, 4.69) is 30.1 Å². The third kappa shape index (κ3) is 5.48. The van der Waals surface area contributed by atoms with E-state index in [1.165, 1.54) is 5.56 Å². The van der Waals surface area contributed by atoms with Gasteiger partial charge >= 0.3 is 0 Å². The average molecular weight is 325 g/mol. The van der Waals surface area contributed by atoms with E-state index in [1.807, 2.05) is 48.5 Å². The summed E-state index contributed by atoms with van der Waals surface area (Å²) < 4.78 is 0. The molecular weight excluding hydrogens is 298 g/mol. The van der Waals surface area contributed by atoms with Gasteiger partial charge in [0.15, 0.2) is 0 Å². The monoisotopic (exact) mass is 325 g/mol. The summed E-state index contributed by atoms with van der Waals surface area (Å²) in [7, 11) is 0. The highest BCUT2D eigenvalue weighted by molar-refractivity contribution is 5.94. The Balaban J connectivity index is 1.96. The summed E-state index contributed by atoms with van der Waals surface area (Å²) >= 11 is 0. The van der Waals surface area contributed by atoms with Crippen molar-refractivity contribution in [3.63, 3.8) is 0 Å². The third-order valence-corrected chi connectivity index (χ3v) is 4.13. The van der Waals surface area contributed by atoms with E-state index >= 15 is 0 Å². The summed E-state index contributed by atoms with van der Waals surface area (Å²) in [6, 6.07) is 17.2. The molecule has 3 N–H and O–H groups in total. The number of amides is 1. The van der Waals surface area contributed by atoms with Crippen LogP contribution in [0, 0.1) is 0 Å². The van der Waals surface area contributed by atoms with Gasteiger partial charge in [0.1, 0.15) is 0 Å². The molecule has 0 aliphatic rings. The molecule has 0 spiro atoms. The topological polar surface area (TPSA) is 58.4 Å². The van der Waals surface area contributed by atoms with Crippen LogP contribution in [0.25, 0.3) is 0 Å². The minimum absolute atomic E-state index is 0.154. The summed E-state index contributed by atoms with van der Waals surface area (Å²) in [5.41, 5.74) is 9.09. The molecule has 0 unspecified atom stereocenters. The lowest BCUT2D eigenvalue weighted by molar-refractivity contribution is -0.117. The lowest BCUT2D eigenvalue weighted by Gasteiger charge is -2.18. The van der Waals surface area contributed by atoms with E-state index in [1.54, 1.807) is 0 Å². The fraction of sp³-hybridized carbons (Fsp3) is 0.350. The van der Waals surface area contributed by atoms with Crippen LogP contribution in [-0.2, 0) is 17.8 Å². The van der Waals surface area contributed by atoms with Crippen LogP contribution in [0.1, 0.15) is 25.0 Å². The van der Waals surface area contributed by atoms with Crippen LogP contribution in [0.3, 0.4) is 0 Å². The number of hydrogen-bond acceptors (Lipinski definition) is 3. The fourth-order valence-corrected chi connectivity index (χ4v) is 2.65. The van der Waals surface area contributed by atoms with Crippen molar-refractivity contribution in [2.75, 3.05) is 18.4 Å². The first-order valence-corrected chi connectivity index (χ1v) is 8.54. The largest absolute Gasteiger partial charge is 0.325 e. The Bertz CT molecular complexity index is 638. The number of nitrogens with one attached hydrogen (secondary N) is 1. The Kier molecular flexibility index (Phi) is 6.97. The molecule has 2 aromatic carbocycles. The van der Waals surface area contributed by atoms with Crippen LogP contribution in [-0.4, -0.2) is 29.9 Å². The first kappa shape index (κ1) is 18.2. The molecule has 0 fully saturated rings. The molecule has 2 aromatic rings. The Labute approximate surface area is 144 Å². The van der Waals surface area contributed by atoms with Crippen molar-refractivity contribution < 1.29 is 4.79 Å². The van der Waals surface area contributed by atoms with Gasteiger partial charge < -0.3 is 11.1 Å². The zero-order valence-corrected chi connectivity index (χ0v) is 14.5. The molecular formula is C20H27N3O. The summed E-state index contributed by atoms with van der Waals surface area (Å²) in [4.78, 5) is 14.7. The average Bonchev–Trinajstić information content (AvgIpc) is 2.60. The van der Waals surface area contributed by atoms with E-state index in [-0.39, 0.29) is 5.91 Å². The standard InChI is InChI=1S/C20H27N3O/c1-3-23(4-2)15-17-11-8-12-18(13-17)22-20(24)19(21)14-16-9-6-5-7-10-16/h5-13,19H,3-4,14-15,21H2,1-2H3,(H,22,24)/t19-/m0/s1. The summed E-state index contributed by atoms with van der Waals surface area (Å²) in [5, 5.41) is 2.93. The number of hydrogen-bond donors (Lipinski definition) is 2. The van der Waals surface area contributed by atoms with Gasteiger partial charge in [-0.1, -0.05) is 56.3 Å². The molecule has 1 amide bonds. The van der Waals surface area contributed by atoms with Crippen molar-refractivity contribution in [2.45, 2.75) is 32.9 Å². The second kappa shape index (κ2) is 9.21. The number of rotatable bonds is 8. The Morgan fingerprint density at radius 2 is 1.71 bits per heavy atom. The van der Waals surface area contributed by atoms with E-state index in [9.17, 15) is 4.79 Å². The molecule has 2 rings (SSSR count). The van der Waals surface area contributed by atoms with Crippen LogP contribution in [0.5, 0.6) is 0 Å². The van der Waals surface area contributed by atoms with Crippen molar-refractivity contribution in [3.05, 3.63) is 65.7 Å². The van der Waals surface area contributed by atoms with E-state index < -0.39 is 6.04 Å². The van der Waals surface area contributed by atoms with Crippen molar-refractivity contribution in [1.82, 2.24) is 4.90 Å². The highest BCUT2D eigenvalue weighted by Crippen LogP contribution is 2.13. The highest BCUT2D eigenvalue weighted by Gasteiger charge is 2.14. The number of anilines is 1. The van der Waals surface area contributed by atoms with Gasteiger partial charge in [-0.15, -0.1) is 0 Å². The van der Waals surface area contributed by atoms with Crippen molar-refractivity contribution >= 4 is 11.6 Å². The fourth-order valence-electron chi connectivity index (χ4n) is 2.65. The number of nitrogens with two attached hydrogens (primary N) is 1. The quantitative estimate of drug-likeness (QED) is 0.784. The summed E-state index contributed by atoms with van der Waals surface area (Å²) in [6.45, 7) is 7.20. The Hall–Kier alpha value is -2.17. The van der Waals surface area contributed by atoms with E-state index in [4.69, 9.17) is 5.73 Å². The van der Waals surface area contributed by atoms with Gasteiger partial charge in [-0.2, -0.15) is 0 Å². The number of carbonyl (C=O) groups excluding carboxylic acids is 1. The molecule has 4 nitrogen and oxygen atoms in total. The van der Waals surface area contributed by atoms with E-state index in [0.717, 1.165) is 30.9 Å². The first-order chi connectivity index (χ1) is 11.6. The normalized spacial score (nSPS) is 12.2. The minimum atomic E-state index is -0.557. The van der Waals surface area contributed by atoms with Gasteiger partial charge in [0, 0.05) is 12.2 Å². The highest BCUT2D eigenvalue weighted by atomic mass is 16.2. The van der Waals surface area contributed by atoms with E-state index in [0.29, 0.717) is 6.42 Å². The minimum Gasteiger partial charge on any atom is -0.325 e. The number of nitrogens with zero attached hydrogens (tertiary/aromatic N) is 1. The number of benzene rings is 2. The predicted molar refractivity (Wildman–Crippen MR) is 99.8 cm³/mol. The van der Waals surface area contributed by atoms with Gasteiger partial charge in [-0.05, 0) is 42.8 Å². The van der Waals surface area contributed by atoms with Gasteiger partial charge in [0.05, 0.1) is 6.04 Å². The van der Waals surface area contributed by atoms with Crippen molar-refractivity contribution in [3.8, 4) is 0 Å². The second-order valence-corrected chi connectivity index (χ2v) is 5.95. The molecule has 4 heteroatoms. The molecule has 0 saturated heterocycles. The maximum atomic E-state index is 12.3. The molecule has 0 bridgehead atoms. The molecule has 0 aliphatic carbocycles. The smallest absolute Gasteiger partial charge is 0.241 e. The molecule has 128 valence electrons. The molecule has 0 heterocycles. The Morgan fingerprint density at radius 1 is 1.04 bits per heavy atom. The van der Waals surface area contributed by atoms with Crippen LogP contribution in [0.2, 0.25) is 0 Å². The lowest BCUT2D eigenvalue weighted by Crippen LogP contribution is -2.37. The third-order valence-electron chi connectivity index (χ3n) is 4.13. The maximum Gasteiger partial charge on any atom is 0.241 e. The predicted octanol–water partition coefficient (Wildman–Crippen LogP) is 3.04. The summed E-state index contributed by atoms with van der Waals surface area (Å²) in [5.74, 6) is -0.154. The molecule has 0 radical (unpaired) electrons. The molecule has 1 atom stereocenters. The first-order valence-electron chi connectivity index (χ1n) is 8.54. The van der Waals surface area contributed by atoms with Crippen LogP contribution >= 0.6 is 0 Å². The zero-order valence-electron chi connectivity index (χ0n) is 14.5. The van der Waals surface area contributed by atoms with Crippen LogP contribution in [0.4, 0.5) is 5.69 Å². The van der Waals surface area contributed by atoms with Gasteiger partial charge in [0.2, 0.25) is 5.91 Å². The SMILES string of the molecule is CCN(CC)Cc1cccc(NC(=O)[C@@H](N)Cc2ccccc2)c1. The van der Waals surface area contributed by atoms with Crippen molar-refractivity contribution in [1.29, 1.82) is 0 Å².